The van der Waals surface area contributed by atoms with Crippen LogP contribution in [0, 0.1) is 0 Å². The van der Waals surface area contributed by atoms with Crippen LogP contribution in [0.2, 0.25) is 0 Å². The lowest BCUT2D eigenvalue weighted by molar-refractivity contribution is -0.148. The van der Waals surface area contributed by atoms with Gasteiger partial charge in [0.25, 0.3) is 5.91 Å². The number of amides is 2. The third-order valence-electron chi connectivity index (χ3n) is 4.90. The molecule has 3 rings (SSSR count). The van der Waals surface area contributed by atoms with E-state index in [0.29, 0.717) is 22.5 Å². The summed E-state index contributed by atoms with van der Waals surface area (Å²) in [6, 6.07) is 3.92. The molecule has 0 aromatic carbocycles. The molecule has 1 aliphatic heterocycles. The first kappa shape index (κ1) is 22.4. The Morgan fingerprint density at radius 1 is 1.29 bits per heavy atom. The van der Waals surface area contributed by atoms with E-state index in [2.05, 4.69) is 20.0 Å². The summed E-state index contributed by atoms with van der Waals surface area (Å²) in [6.07, 6.45) is -0.799. The van der Waals surface area contributed by atoms with Gasteiger partial charge in [0.05, 0.1) is 12.6 Å². The number of halogens is 4. The lowest BCUT2D eigenvalue weighted by Gasteiger charge is -2.24. The smallest absolute Gasteiger partial charge is 0.340 e. The molecule has 2 amide bonds. The van der Waals surface area contributed by atoms with Crippen molar-refractivity contribution in [1.29, 1.82) is 0 Å². The van der Waals surface area contributed by atoms with Crippen LogP contribution in [-0.2, 0) is 11.3 Å². The minimum Gasteiger partial charge on any atom is -0.471 e. The van der Waals surface area contributed by atoms with Crippen LogP contribution in [0.15, 0.2) is 30.6 Å². The maximum absolute atomic E-state index is 13.0. The van der Waals surface area contributed by atoms with E-state index >= 15 is 0 Å². The standard InChI is InChI=1S/C20H20F4N4O3/c1-3-15(29)27-17-14-9-28(18(30)13(14)6-7-25-17)11(2)12-4-5-16(26-8-12)31-10-20(23,24)19(21)22/h4-8,11,19H,3,9-10H2,1-2H3,(H,25,27,29). The van der Waals surface area contributed by atoms with Crippen molar-refractivity contribution in [2.45, 2.75) is 45.2 Å². The molecule has 0 bridgehead atoms. The maximum Gasteiger partial charge on any atom is 0.340 e. The lowest BCUT2D eigenvalue weighted by Crippen LogP contribution is -2.33. The van der Waals surface area contributed by atoms with Gasteiger partial charge in [-0.05, 0) is 18.6 Å². The zero-order chi connectivity index (χ0) is 22.8. The van der Waals surface area contributed by atoms with E-state index in [-0.39, 0.29) is 30.7 Å². The van der Waals surface area contributed by atoms with Gasteiger partial charge in [0.15, 0.2) is 6.61 Å². The fourth-order valence-electron chi connectivity index (χ4n) is 3.03. The van der Waals surface area contributed by atoms with Crippen molar-refractivity contribution in [3.63, 3.8) is 0 Å². The van der Waals surface area contributed by atoms with Gasteiger partial charge in [-0.1, -0.05) is 13.0 Å². The Labute approximate surface area is 175 Å². The Bertz CT molecular complexity index is 969. The SMILES string of the molecule is CCC(=O)Nc1nccc2c1CN(C(C)c1ccc(OCC(F)(F)C(F)F)nc1)C2=O. The monoisotopic (exact) mass is 440 g/mol. The molecular formula is C20H20F4N4O3. The number of hydrogen-bond donors (Lipinski definition) is 1. The second-order valence-corrected chi connectivity index (χ2v) is 6.98. The van der Waals surface area contributed by atoms with Crippen LogP contribution in [0.1, 0.15) is 47.8 Å². The number of anilines is 1. The summed E-state index contributed by atoms with van der Waals surface area (Å²) in [7, 11) is 0. The molecule has 1 aliphatic rings. The molecular weight excluding hydrogens is 420 g/mol. The molecule has 7 nitrogen and oxygen atoms in total. The van der Waals surface area contributed by atoms with Crippen LogP contribution < -0.4 is 10.1 Å². The molecule has 1 N–H and O–H groups in total. The largest absolute Gasteiger partial charge is 0.471 e. The average molecular weight is 440 g/mol. The van der Waals surface area contributed by atoms with Gasteiger partial charge >= 0.3 is 12.3 Å². The van der Waals surface area contributed by atoms with E-state index < -0.39 is 25.0 Å². The predicted molar refractivity (Wildman–Crippen MR) is 102 cm³/mol. The van der Waals surface area contributed by atoms with Crippen LogP contribution in [0.4, 0.5) is 23.4 Å². The fraction of sp³-hybridized carbons (Fsp3) is 0.400. The number of aromatic nitrogens is 2. The second-order valence-electron chi connectivity index (χ2n) is 6.98. The Kier molecular flexibility index (Phi) is 6.42. The van der Waals surface area contributed by atoms with Crippen molar-refractivity contribution in [3.05, 3.63) is 47.3 Å². The quantitative estimate of drug-likeness (QED) is 0.631. The summed E-state index contributed by atoms with van der Waals surface area (Å²) >= 11 is 0. The molecule has 0 saturated heterocycles. The molecule has 0 spiro atoms. The highest BCUT2D eigenvalue weighted by Gasteiger charge is 2.42. The number of carbonyl (C=O) groups is 2. The molecule has 31 heavy (non-hydrogen) atoms. The summed E-state index contributed by atoms with van der Waals surface area (Å²) in [5, 5.41) is 2.68. The van der Waals surface area contributed by atoms with Gasteiger partial charge in [0.1, 0.15) is 5.82 Å². The first-order chi connectivity index (χ1) is 14.6. The number of alkyl halides is 4. The highest BCUT2D eigenvalue weighted by molar-refractivity contribution is 6.01. The topological polar surface area (TPSA) is 84.4 Å². The van der Waals surface area contributed by atoms with Gasteiger partial charge in [0, 0.05) is 36.0 Å². The average Bonchev–Trinajstić information content (AvgIpc) is 3.09. The van der Waals surface area contributed by atoms with E-state index in [4.69, 9.17) is 0 Å². The molecule has 0 aliphatic carbocycles. The number of carbonyl (C=O) groups excluding carboxylic acids is 2. The molecule has 2 aromatic heterocycles. The zero-order valence-corrected chi connectivity index (χ0v) is 16.7. The molecule has 11 heteroatoms. The summed E-state index contributed by atoms with van der Waals surface area (Å²) in [4.78, 5) is 34.1. The van der Waals surface area contributed by atoms with Crippen molar-refractivity contribution in [3.8, 4) is 5.88 Å². The first-order valence-corrected chi connectivity index (χ1v) is 9.47. The fourth-order valence-corrected chi connectivity index (χ4v) is 3.03. The lowest BCUT2D eigenvalue weighted by atomic mass is 10.1. The summed E-state index contributed by atoms with van der Waals surface area (Å²) in [5.74, 6) is -4.67. The highest BCUT2D eigenvalue weighted by atomic mass is 19.3. The van der Waals surface area contributed by atoms with Crippen molar-refractivity contribution >= 4 is 17.6 Å². The third kappa shape index (κ3) is 4.75. The summed E-state index contributed by atoms with van der Waals surface area (Å²) < 4.78 is 55.0. The molecule has 1 unspecified atom stereocenters. The molecule has 2 aromatic rings. The van der Waals surface area contributed by atoms with Crippen LogP contribution in [0.3, 0.4) is 0 Å². The second kappa shape index (κ2) is 8.86. The van der Waals surface area contributed by atoms with E-state index in [1.807, 2.05) is 0 Å². The molecule has 1 atom stereocenters. The number of nitrogens with one attached hydrogen (secondary N) is 1. The predicted octanol–water partition coefficient (Wildman–Crippen LogP) is 3.82. The van der Waals surface area contributed by atoms with Gasteiger partial charge < -0.3 is 15.0 Å². The number of rotatable bonds is 8. The number of hydrogen-bond acceptors (Lipinski definition) is 5. The molecule has 3 heterocycles. The van der Waals surface area contributed by atoms with Gasteiger partial charge in [-0.3, -0.25) is 9.59 Å². The minimum atomic E-state index is -4.28. The first-order valence-electron chi connectivity index (χ1n) is 9.47. The zero-order valence-electron chi connectivity index (χ0n) is 16.7. The number of nitrogens with zero attached hydrogens (tertiary/aromatic N) is 3. The Morgan fingerprint density at radius 2 is 2.03 bits per heavy atom. The molecule has 0 radical (unpaired) electrons. The van der Waals surface area contributed by atoms with Crippen molar-refractivity contribution in [2.24, 2.45) is 0 Å². The van der Waals surface area contributed by atoms with Crippen LogP contribution in [0.5, 0.6) is 5.88 Å². The molecule has 0 fully saturated rings. The van der Waals surface area contributed by atoms with Crippen molar-refractivity contribution < 1.29 is 31.9 Å². The van der Waals surface area contributed by atoms with Gasteiger partial charge in [0.2, 0.25) is 11.8 Å². The van der Waals surface area contributed by atoms with E-state index in [0.717, 1.165) is 0 Å². The maximum atomic E-state index is 13.0. The van der Waals surface area contributed by atoms with E-state index in [1.54, 1.807) is 24.8 Å². The van der Waals surface area contributed by atoms with Crippen LogP contribution >= 0.6 is 0 Å². The Hall–Kier alpha value is -3.24. The van der Waals surface area contributed by atoms with Gasteiger partial charge in [-0.25, -0.2) is 18.7 Å². The number of ether oxygens (including phenoxy) is 1. The number of fused-ring (bicyclic) bond motifs is 1. The molecule has 0 saturated carbocycles. The van der Waals surface area contributed by atoms with Crippen molar-refractivity contribution in [2.75, 3.05) is 11.9 Å². The minimum absolute atomic E-state index is 0.210. The van der Waals surface area contributed by atoms with Crippen molar-refractivity contribution in [1.82, 2.24) is 14.9 Å². The van der Waals surface area contributed by atoms with Crippen LogP contribution in [-0.4, -0.2) is 45.6 Å². The highest BCUT2D eigenvalue weighted by Crippen LogP contribution is 2.34. The number of pyridine rings is 2. The Balaban J connectivity index is 1.72. The normalized spacial score (nSPS) is 14.5. The van der Waals surface area contributed by atoms with Gasteiger partial charge in [-0.15, -0.1) is 0 Å². The van der Waals surface area contributed by atoms with E-state index in [9.17, 15) is 27.2 Å². The van der Waals surface area contributed by atoms with E-state index in [1.165, 1.54) is 24.5 Å². The third-order valence-corrected chi connectivity index (χ3v) is 4.90. The molecule has 166 valence electrons. The summed E-state index contributed by atoms with van der Waals surface area (Å²) in [6.45, 7) is 2.17. The summed E-state index contributed by atoms with van der Waals surface area (Å²) in [5.41, 5.74) is 1.61. The van der Waals surface area contributed by atoms with Gasteiger partial charge in [-0.2, -0.15) is 8.78 Å². The Morgan fingerprint density at radius 3 is 2.65 bits per heavy atom. The van der Waals surface area contributed by atoms with Crippen LogP contribution in [0.25, 0.3) is 0 Å².